The van der Waals surface area contributed by atoms with Crippen molar-refractivity contribution in [1.29, 1.82) is 0 Å². The molecule has 0 bridgehead atoms. The number of aromatic nitrogens is 2. The van der Waals surface area contributed by atoms with Crippen molar-refractivity contribution in [3.8, 4) is 0 Å². The molecule has 2 N–H and O–H groups in total. The molecule has 0 aromatic carbocycles. The predicted octanol–water partition coefficient (Wildman–Crippen LogP) is 3.70. The molecule has 0 radical (unpaired) electrons. The number of nitrogens with zero attached hydrogens (tertiary/aromatic N) is 2. The first-order valence-electron chi connectivity index (χ1n) is 7.18. The van der Waals surface area contributed by atoms with Crippen molar-refractivity contribution in [2.24, 2.45) is 11.3 Å². The van der Waals surface area contributed by atoms with Crippen LogP contribution in [0.25, 0.3) is 0 Å². The van der Waals surface area contributed by atoms with Crippen LogP contribution < -0.4 is 10.6 Å². The topological polar surface area (TPSA) is 49.8 Å². The Morgan fingerprint density at radius 1 is 1.26 bits per heavy atom. The molecule has 0 saturated heterocycles. The minimum Gasteiger partial charge on any atom is -0.369 e. The molecule has 0 aliphatic heterocycles. The second kappa shape index (κ2) is 6.73. The third kappa shape index (κ3) is 4.69. The lowest BCUT2D eigenvalue weighted by Crippen LogP contribution is -2.29. The van der Waals surface area contributed by atoms with Crippen LogP contribution >= 0.6 is 0 Å². The van der Waals surface area contributed by atoms with Gasteiger partial charge in [0, 0.05) is 24.8 Å². The summed E-state index contributed by atoms with van der Waals surface area (Å²) in [5.41, 5.74) is 1.33. The molecule has 1 rings (SSSR count). The molecule has 4 heteroatoms. The number of aryl methyl sites for hydroxylation is 1. The fraction of sp³-hybridized carbons (Fsp3) is 0.733. The van der Waals surface area contributed by atoms with Gasteiger partial charge in [-0.2, -0.15) is 4.98 Å². The third-order valence-corrected chi connectivity index (χ3v) is 3.78. The smallest absolute Gasteiger partial charge is 0.224 e. The average Bonchev–Trinajstić information content (AvgIpc) is 2.36. The molecule has 4 nitrogen and oxygen atoms in total. The maximum atomic E-state index is 4.54. The number of anilines is 2. The molecule has 108 valence electrons. The van der Waals surface area contributed by atoms with Gasteiger partial charge in [0.05, 0.1) is 0 Å². The Labute approximate surface area is 117 Å². The molecule has 1 aromatic rings. The van der Waals surface area contributed by atoms with E-state index in [-0.39, 0.29) is 5.41 Å². The maximum Gasteiger partial charge on any atom is 0.224 e. The van der Waals surface area contributed by atoms with E-state index >= 15 is 0 Å². The maximum absolute atomic E-state index is 4.54. The van der Waals surface area contributed by atoms with E-state index in [1.54, 1.807) is 0 Å². The van der Waals surface area contributed by atoms with Gasteiger partial charge in [0.1, 0.15) is 5.82 Å². The molecular weight excluding hydrogens is 236 g/mol. The molecule has 0 unspecified atom stereocenters. The zero-order valence-electron chi connectivity index (χ0n) is 13.2. The van der Waals surface area contributed by atoms with Gasteiger partial charge in [0.25, 0.3) is 0 Å². The molecule has 1 aromatic heterocycles. The van der Waals surface area contributed by atoms with Gasteiger partial charge in [-0.1, -0.05) is 34.6 Å². The molecule has 0 aliphatic carbocycles. The van der Waals surface area contributed by atoms with Gasteiger partial charge in [0.2, 0.25) is 5.95 Å². The zero-order chi connectivity index (χ0) is 14.5. The van der Waals surface area contributed by atoms with E-state index in [4.69, 9.17) is 0 Å². The summed E-state index contributed by atoms with van der Waals surface area (Å²) in [4.78, 5) is 8.83. The van der Waals surface area contributed by atoms with Crippen molar-refractivity contribution in [2.75, 3.05) is 23.7 Å². The quantitative estimate of drug-likeness (QED) is 0.788. The van der Waals surface area contributed by atoms with Crippen LogP contribution in [0.5, 0.6) is 0 Å². The van der Waals surface area contributed by atoms with Gasteiger partial charge >= 0.3 is 0 Å². The molecule has 0 aliphatic rings. The van der Waals surface area contributed by atoms with E-state index in [1.807, 2.05) is 13.1 Å². The number of hydrogen-bond donors (Lipinski definition) is 2. The largest absolute Gasteiger partial charge is 0.369 e. The van der Waals surface area contributed by atoms with Gasteiger partial charge in [-0.25, -0.2) is 4.98 Å². The normalized spacial score (nSPS) is 11.7. The highest BCUT2D eigenvalue weighted by Gasteiger charge is 2.22. The first kappa shape index (κ1) is 15.7. The fourth-order valence-corrected chi connectivity index (χ4v) is 1.46. The van der Waals surface area contributed by atoms with E-state index in [9.17, 15) is 0 Å². The molecule has 0 atom stereocenters. The summed E-state index contributed by atoms with van der Waals surface area (Å²) in [7, 11) is 0. The van der Waals surface area contributed by atoms with Crippen molar-refractivity contribution < 1.29 is 0 Å². The Bertz CT molecular complexity index is 399. The lowest BCUT2D eigenvalue weighted by molar-refractivity contribution is 0.269. The molecule has 1 heterocycles. The van der Waals surface area contributed by atoms with Crippen molar-refractivity contribution in [2.45, 2.75) is 48.0 Å². The summed E-state index contributed by atoms with van der Waals surface area (Å²) in [5, 5.41) is 6.68. The number of nitrogens with one attached hydrogen (secondary N) is 2. The van der Waals surface area contributed by atoms with Crippen molar-refractivity contribution >= 4 is 11.8 Å². The summed E-state index contributed by atoms with van der Waals surface area (Å²) >= 11 is 0. The van der Waals surface area contributed by atoms with Gasteiger partial charge in [-0.15, -0.1) is 0 Å². The Morgan fingerprint density at radius 3 is 2.53 bits per heavy atom. The van der Waals surface area contributed by atoms with Crippen LogP contribution in [0.4, 0.5) is 11.8 Å². The first-order valence-corrected chi connectivity index (χ1v) is 7.18. The Balaban J connectivity index is 2.71. The molecule has 0 saturated carbocycles. The van der Waals surface area contributed by atoms with Crippen LogP contribution in [0.2, 0.25) is 0 Å². The van der Waals surface area contributed by atoms with Crippen LogP contribution in [0, 0.1) is 18.3 Å². The number of hydrogen-bond acceptors (Lipinski definition) is 4. The Hall–Kier alpha value is -1.32. The molecule has 19 heavy (non-hydrogen) atoms. The lowest BCUT2D eigenvalue weighted by Gasteiger charge is -2.29. The minimum atomic E-state index is 0.244. The number of rotatable bonds is 7. The van der Waals surface area contributed by atoms with Gasteiger partial charge in [-0.05, 0) is 24.7 Å². The van der Waals surface area contributed by atoms with Gasteiger partial charge in [0.15, 0.2) is 0 Å². The molecular formula is C15H28N4. The van der Waals surface area contributed by atoms with Gasteiger partial charge in [-0.3, -0.25) is 0 Å². The Kier molecular flexibility index (Phi) is 5.58. The predicted molar refractivity (Wildman–Crippen MR) is 82.7 cm³/mol. The molecule has 0 spiro atoms. The van der Waals surface area contributed by atoms with E-state index in [0.717, 1.165) is 30.9 Å². The second-order valence-corrected chi connectivity index (χ2v) is 6.15. The van der Waals surface area contributed by atoms with Crippen molar-refractivity contribution in [3.63, 3.8) is 0 Å². The summed E-state index contributed by atoms with van der Waals surface area (Å²) in [5.74, 6) is 2.26. The van der Waals surface area contributed by atoms with Gasteiger partial charge < -0.3 is 10.6 Å². The van der Waals surface area contributed by atoms with E-state index in [0.29, 0.717) is 11.9 Å². The van der Waals surface area contributed by atoms with Crippen molar-refractivity contribution in [1.82, 2.24) is 9.97 Å². The lowest BCUT2D eigenvalue weighted by atomic mass is 9.81. The first-order chi connectivity index (χ1) is 8.86. The summed E-state index contributed by atoms with van der Waals surface area (Å²) in [6, 6.07) is 0. The molecule has 0 fully saturated rings. The van der Waals surface area contributed by atoms with E-state index in [1.165, 1.54) is 0 Å². The zero-order valence-corrected chi connectivity index (χ0v) is 13.2. The Morgan fingerprint density at radius 2 is 1.95 bits per heavy atom. The SMILES string of the molecule is CCCNc1ncc(C)c(NCC(C)(C)C(C)C)n1. The second-order valence-electron chi connectivity index (χ2n) is 6.15. The summed E-state index contributed by atoms with van der Waals surface area (Å²) < 4.78 is 0. The van der Waals surface area contributed by atoms with Crippen molar-refractivity contribution in [3.05, 3.63) is 11.8 Å². The molecule has 0 amide bonds. The highest BCUT2D eigenvalue weighted by Crippen LogP contribution is 2.26. The van der Waals surface area contributed by atoms with Crippen LogP contribution in [0.15, 0.2) is 6.20 Å². The fourth-order valence-electron chi connectivity index (χ4n) is 1.46. The van der Waals surface area contributed by atoms with E-state index < -0.39 is 0 Å². The highest BCUT2D eigenvalue weighted by molar-refractivity contribution is 5.46. The van der Waals surface area contributed by atoms with Crippen LogP contribution in [0.3, 0.4) is 0 Å². The van der Waals surface area contributed by atoms with Crippen LogP contribution in [0.1, 0.15) is 46.6 Å². The minimum absolute atomic E-state index is 0.244. The van der Waals surface area contributed by atoms with E-state index in [2.05, 4.69) is 55.2 Å². The monoisotopic (exact) mass is 264 g/mol. The summed E-state index contributed by atoms with van der Waals surface area (Å²) in [6.45, 7) is 15.0. The van der Waals surface area contributed by atoms with Crippen LogP contribution in [-0.4, -0.2) is 23.1 Å². The van der Waals surface area contributed by atoms with Crippen LogP contribution in [-0.2, 0) is 0 Å². The third-order valence-electron chi connectivity index (χ3n) is 3.78. The average molecular weight is 264 g/mol. The highest BCUT2D eigenvalue weighted by atomic mass is 15.1. The standard InChI is InChI=1S/C15H28N4/c1-7-8-16-14-17-9-12(4)13(19-14)18-10-15(5,6)11(2)3/h9,11H,7-8,10H2,1-6H3,(H2,16,17,18,19). The summed E-state index contributed by atoms with van der Waals surface area (Å²) in [6.07, 6.45) is 2.94.